The van der Waals surface area contributed by atoms with Gasteiger partial charge in [-0.1, -0.05) is 32.4 Å². The number of carbonyl (C=O) groups is 1. The number of aromatic nitrogens is 1. The Balaban J connectivity index is 1.78. The van der Waals surface area contributed by atoms with Crippen molar-refractivity contribution >= 4 is 16.8 Å². The zero-order chi connectivity index (χ0) is 14.2. The Hall–Kier alpha value is -1.77. The van der Waals surface area contributed by atoms with E-state index < -0.39 is 0 Å². The van der Waals surface area contributed by atoms with Crippen LogP contribution in [-0.4, -0.2) is 16.9 Å². The van der Waals surface area contributed by atoms with Crippen LogP contribution in [0.3, 0.4) is 0 Å². The highest BCUT2D eigenvalue weighted by atomic mass is 16.1. The van der Waals surface area contributed by atoms with Crippen molar-refractivity contribution in [2.45, 2.75) is 45.6 Å². The van der Waals surface area contributed by atoms with Gasteiger partial charge in [-0.05, 0) is 36.8 Å². The lowest BCUT2D eigenvalue weighted by molar-refractivity contribution is 0.0904. The first-order valence-electron chi connectivity index (χ1n) is 7.42. The number of fused-ring (bicyclic) bond motifs is 1. The van der Waals surface area contributed by atoms with E-state index in [4.69, 9.17) is 0 Å². The molecule has 1 amide bonds. The molecular weight excluding hydrogens is 248 g/mol. The van der Waals surface area contributed by atoms with Crippen LogP contribution in [0.2, 0.25) is 0 Å². The Kier molecular flexibility index (Phi) is 3.28. The van der Waals surface area contributed by atoms with Crippen molar-refractivity contribution in [3.8, 4) is 0 Å². The summed E-state index contributed by atoms with van der Waals surface area (Å²) >= 11 is 0. The lowest BCUT2D eigenvalue weighted by Gasteiger charge is -2.35. The molecule has 0 radical (unpaired) electrons. The molecule has 1 aliphatic carbocycles. The van der Waals surface area contributed by atoms with Crippen molar-refractivity contribution in [3.05, 3.63) is 36.0 Å². The molecule has 3 rings (SSSR count). The second kappa shape index (κ2) is 4.97. The zero-order valence-corrected chi connectivity index (χ0v) is 12.2. The van der Waals surface area contributed by atoms with Crippen molar-refractivity contribution in [1.29, 1.82) is 0 Å². The molecule has 1 heterocycles. The second-order valence-electron chi connectivity index (χ2n) is 6.68. The molecule has 1 saturated carbocycles. The Morgan fingerprint density at radius 3 is 3.00 bits per heavy atom. The van der Waals surface area contributed by atoms with Crippen molar-refractivity contribution in [2.75, 3.05) is 0 Å². The number of benzene rings is 1. The van der Waals surface area contributed by atoms with E-state index in [2.05, 4.69) is 24.1 Å². The molecule has 0 spiro atoms. The van der Waals surface area contributed by atoms with Gasteiger partial charge in [0.1, 0.15) is 0 Å². The number of aromatic amines is 1. The third-order valence-corrected chi connectivity index (χ3v) is 4.37. The van der Waals surface area contributed by atoms with Crippen LogP contribution in [0.25, 0.3) is 10.9 Å². The maximum absolute atomic E-state index is 12.5. The van der Waals surface area contributed by atoms with Crippen LogP contribution < -0.4 is 5.32 Å². The van der Waals surface area contributed by atoms with Crippen LogP contribution in [0.1, 0.15) is 49.9 Å². The summed E-state index contributed by atoms with van der Waals surface area (Å²) in [7, 11) is 0. The molecule has 0 aliphatic heterocycles. The molecule has 1 aromatic carbocycles. The minimum absolute atomic E-state index is 0.0424. The Labute approximate surface area is 119 Å². The van der Waals surface area contributed by atoms with Crippen molar-refractivity contribution in [1.82, 2.24) is 10.3 Å². The Morgan fingerprint density at radius 2 is 2.20 bits per heavy atom. The SMILES string of the molecule is CC1(C)CCCC(NC(=O)c2cccc3cc[nH]c23)C1. The maximum Gasteiger partial charge on any atom is 0.253 e. The van der Waals surface area contributed by atoms with Crippen LogP contribution in [0, 0.1) is 5.41 Å². The predicted octanol–water partition coefficient (Wildman–Crippen LogP) is 3.87. The van der Waals surface area contributed by atoms with E-state index in [0.29, 0.717) is 11.5 Å². The van der Waals surface area contributed by atoms with Gasteiger partial charge in [0.15, 0.2) is 0 Å². The first kappa shape index (κ1) is 13.2. The average Bonchev–Trinajstić information content (AvgIpc) is 2.85. The van der Waals surface area contributed by atoms with Gasteiger partial charge in [-0.25, -0.2) is 0 Å². The van der Waals surface area contributed by atoms with Gasteiger partial charge in [0.05, 0.1) is 11.1 Å². The summed E-state index contributed by atoms with van der Waals surface area (Å²) < 4.78 is 0. The molecule has 3 heteroatoms. The molecule has 106 valence electrons. The first-order chi connectivity index (χ1) is 9.55. The van der Waals surface area contributed by atoms with Crippen LogP contribution >= 0.6 is 0 Å². The standard InChI is InChI=1S/C17H22N2O/c1-17(2)9-4-6-13(11-17)19-16(20)14-7-3-5-12-8-10-18-15(12)14/h3,5,7-8,10,13,18H,4,6,9,11H2,1-2H3,(H,19,20). The summed E-state index contributed by atoms with van der Waals surface area (Å²) in [4.78, 5) is 15.7. The molecule has 1 unspecified atom stereocenters. The number of para-hydroxylation sites is 1. The normalized spacial score (nSPS) is 21.8. The number of H-pyrrole nitrogens is 1. The number of nitrogens with one attached hydrogen (secondary N) is 2. The van der Waals surface area contributed by atoms with E-state index in [1.54, 1.807) is 0 Å². The van der Waals surface area contributed by atoms with Gasteiger partial charge in [-0.2, -0.15) is 0 Å². The predicted molar refractivity (Wildman–Crippen MR) is 81.8 cm³/mol. The third-order valence-electron chi connectivity index (χ3n) is 4.37. The van der Waals surface area contributed by atoms with Crippen LogP contribution in [-0.2, 0) is 0 Å². The van der Waals surface area contributed by atoms with E-state index in [-0.39, 0.29) is 5.91 Å². The van der Waals surface area contributed by atoms with Gasteiger partial charge in [-0.15, -0.1) is 0 Å². The van der Waals surface area contributed by atoms with Gasteiger partial charge >= 0.3 is 0 Å². The minimum atomic E-state index is 0.0424. The maximum atomic E-state index is 12.5. The highest BCUT2D eigenvalue weighted by molar-refractivity contribution is 6.05. The summed E-state index contributed by atoms with van der Waals surface area (Å²) in [6, 6.07) is 8.15. The number of carbonyl (C=O) groups excluding carboxylic acids is 1. The molecule has 0 saturated heterocycles. The largest absolute Gasteiger partial charge is 0.361 e. The van der Waals surface area contributed by atoms with Crippen molar-refractivity contribution in [2.24, 2.45) is 5.41 Å². The van der Waals surface area contributed by atoms with E-state index >= 15 is 0 Å². The summed E-state index contributed by atoms with van der Waals surface area (Å²) in [6.45, 7) is 4.58. The minimum Gasteiger partial charge on any atom is -0.361 e. The topological polar surface area (TPSA) is 44.9 Å². The molecule has 1 aliphatic rings. The van der Waals surface area contributed by atoms with Crippen molar-refractivity contribution < 1.29 is 4.79 Å². The monoisotopic (exact) mass is 270 g/mol. The van der Waals surface area contributed by atoms with E-state index in [1.807, 2.05) is 30.5 Å². The highest BCUT2D eigenvalue weighted by Crippen LogP contribution is 2.35. The number of amides is 1. The lowest BCUT2D eigenvalue weighted by atomic mass is 9.75. The van der Waals surface area contributed by atoms with Crippen LogP contribution in [0.5, 0.6) is 0 Å². The molecule has 1 fully saturated rings. The number of hydrogen-bond donors (Lipinski definition) is 2. The molecule has 1 atom stereocenters. The third kappa shape index (κ3) is 2.58. The highest BCUT2D eigenvalue weighted by Gasteiger charge is 2.29. The molecule has 1 aromatic heterocycles. The molecule has 3 nitrogen and oxygen atoms in total. The Morgan fingerprint density at radius 1 is 1.35 bits per heavy atom. The van der Waals surface area contributed by atoms with Gasteiger partial charge < -0.3 is 10.3 Å². The quantitative estimate of drug-likeness (QED) is 0.855. The van der Waals surface area contributed by atoms with Gasteiger partial charge in [-0.3, -0.25) is 4.79 Å². The summed E-state index contributed by atoms with van der Waals surface area (Å²) in [5.74, 6) is 0.0424. The number of hydrogen-bond acceptors (Lipinski definition) is 1. The van der Waals surface area contributed by atoms with E-state index in [9.17, 15) is 4.79 Å². The average molecular weight is 270 g/mol. The fourth-order valence-electron chi connectivity index (χ4n) is 3.36. The van der Waals surface area contributed by atoms with E-state index in [0.717, 1.165) is 29.3 Å². The summed E-state index contributed by atoms with van der Waals surface area (Å²) in [5, 5.41) is 4.30. The Bertz CT molecular complexity index is 627. The fraction of sp³-hybridized carbons (Fsp3) is 0.471. The molecule has 20 heavy (non-hydrogen) atoms. The molecule has 2 N–H and O–H groups in total. The smallest absolute Gasteiger partial charge is 0.253 e. The van der Waals surface area contributed by atoms with Gasteiger partial charge in [0.25, 0.3) is 5.91 Å². The molecule has 0 bridgehead atoms. The molecular formula is C17H22N2O. The summed E-state index contributed by atoms with van der Waals surface area (Å²) in [6.07, 6.45) is 6.50. The van der Waals surface area contributed by atoms with Crippen LogP contribution in [0.15, 0.2) is 30.5 Å². The first-order valence-corrected chi connectivity index (χ1v) is 7.42. The van der Waals surface area contributed by atoms with E-state index in [1.165, 1.54) is 12.8 Å². The van der Waals surface area contributed by atoms with Gasteiger partial charge in [0.2, 0.25) is 0 Å². The van der Waals surface area contributed by atoms with Gasteiger partial charge in [0, 0.05) is 17.6 Å². The summed E-state index contributed by atoms with van der Waals surface area (Å²) in [5.41, 5.74) is 2.02. The lowest BCUT2D eigenvalue weighted by Crippen LogP contribution is -2.40. The fourth-order valence-corrected chi connectivity index (χ4v) is 3.36. The van der Waals surface area contributed by atoms with Crippen molar-refractivity contribution in [3.63, 3.8) is 0 Å². The number of rotatable bonds is 2. The molecule has 2 aromatic rings. The zero-order valence-electron chi connectivity index (χ0n) is 12.2. The van der Waals surface area contributed by atoms with Crippen LogP contribution in [0.4, 0.5) is 0 Å². The second-order valence-corrected chi connectivity index (χ2v) is 6.68.